The average molecular weight is 410 g/mol. The molecule has 0 radical (unpaired) electrons. The summed E-state index contributed by atoms with van der Waals surface area (Å²) >= 11 is 6.06. The Kier molecular flexibility index (Phi) is 5.76. The van der Waals surface area contributed by atoms with E-state index in [1.54, 1.807) is 18.2 Å². The Morgan fingerprint density at radius 1 is 1.11 bits per heavy atom. The molecule has 146 valence electrons. The van der Waals surface area contributed by atoms with Crippen LogP contribution in [0.5, 0.6) is 0 Å². The van der Waals surface area contributed by atoms with Crippen LogP contribution < -0.4 is 0 Å². The summed E-state index contributed by atoms with van der Waals surface area (Å²) in [6, 6.07) is 8.38. The molecule has 1 saturated heterocycles. The highest BCUT2D eigenvalue weighted by Gasteiger charge is 2.30. The van der Waals surface area contributed by atoms with Gasteiger partial charge in [0, 0.05) is 50.2 Å². The number of Topliss-reactive ketones (excluding diaryl/α,β-unsaturated/α-hetero) is 1. The van der Waals surface area contributed by atoms with Crippen molar-refractivity contribution in [3.63, 3.8) is 0 Å². The van der Waals surface area contributed by atoms with Crippen LogP contribution in [0, 0.1) is 13.8 Å². The number of halogens is 1. The molecule has 8 heteroatoms. The zero-order valence-electron chi connectivity index (χ0n) is 15.8. The zero-order valence-corrected chi connectivity index (χ0v) is 17.3. The first-order valence-corrected chi connectivity index (χ1v) is 10.7. The maximum Gasteiger partial charge on any atom is 0.244 e. The Bertz CT molecular complexity index is 961. The lowest BCUT2D eigenvalue weighted by molar-refractivity contribution is 0.0901. The third-order valence-corrected chi connectivity index (χ3v) is 7.63. The number of aromatic nitrogens is 1. The number of hydrogen-bond acceptors (Lipinski definition) is 4. The summed E-state index contributed by atoms with van der Waals surface area (Å²) in [5, 5.41) is 0.227. The van der Waals surface area contributed by atoms with E-state index in [2.05, 4.69) is 0 Å². The number of ketones is 1. The second-order valence-corrected chi connectivity index (χ2v) is 9.19. The number of rotatable bonds is 5. The molecule has 6 nitrogen and oxygen atoms in total. The second-order valence-electron chi connectivity index (χ2n) is 6.88. The Balaban J connectivity index is 1.64. The van der Waals surface area contributed by atoms with Crippen LogP contribution in [-0.4, -0.2) is 60.7 Å². The quantitative estimate of drug-likeness (QED) is 0.712. The summed E-state index contributed by atoms with van der Waals surface area (Å²) in [5.41, 5.74) is 2.74. The Labute approximate surface area is 165 Å². The highest BCUT2D eigenvalue weighted by Crippen LogP contribution is 2.25. The molecule has 0 saturated carbocycles. The van der Waals surface area contributed by atoms with Gasteiger partial charge in [0.05, 0.1) is 11.6 Å². The van der Waals surface area contributed by atoms with Crippen molar-refractivity contribution < 1.29 is 13.2 Å². The molecule has 0 aliphatic carbocycles. The molecule has 0 atom stereocenters. The first-order chi connectivity index (χ1) is 12.7. The van der Waals surface area contributed by atoms with Crippen molar-refractivity contribution in [2.45, 2.75) is 18.7 Å². The maximum atomic E-state index is 12.8. The van der Waals surface area contributed by atoms with Crippen LogP contribution in [0.15, 0.2) is 35.2 Å². The molecule has 2 heterocycles. The molecule has 0 unspecified atom stereocenters. The smallest absolute Gasteiger partial charge is 0.244 e. The normalized spacial score (nSPS) is 16.6. The van der Waals surface area contributed by atoms with Crippen LogP contribution in [-0.2, 0) is 17.1 Å². The van der Waals surface area contributed by atoms with Gasteiger partial charge in [-0.15, -0.1) is 0 Å². The molecular formula is C19H24ClN3O3S. The van der Waals surface area contributed by atoms with Crippen LogP contribution in [0.1, 0.15) is 21.7 Å². The number of carbonyl (C=O) groups excluding carboxylic acids is 1. The largest absolute Gasteiger partial charge is 0.351 e. The van der Waals surface area contributed by atoms with Gasteiger partial charge in [-0.3, -0.25) is 9.69 Å². The van der Waals surface area contributed by atoms with Crippen LogP contribution >= 0.6 is 11.6 Å². The molecule has 0 N–H and O–H groups in total. The first-order valence-electron chi connectivity index (χ1n) is 8.85. The molecule has 1 aliphatic rings. The number of hydrogen-bond donors (Lipinski definition) is 0. The van der Waals surface area contributed by atoms with Crippen molar-refractivity contribution in [2.24, 2.45) is 7.05 Å². The third kappa shape index (κ3) is 3.96. The van der Waals surface area contributed by atoms with Crippen LogP contribution in [0.3, 0.4) is 0 Å². The van der Waals surface area contributed by atoms with E-state index in [4.69, 9.17) is 11.6 Å². The number of sulfonamides is 1. The van der Waals surface area contributed by atoms with Gasteiger partial charge >= 0.3 is 0 Å². The van der Waals surface area contributed by atoms with Gasteiger partial charge in [0.1, 0.15) is 4.90 Å². The van der Waals surface area contributed by atoms with E-state index in [1.807, 2.05) is 36.4 Å². The van der Waals surface area contributed by atoms with Crippen molar-refractivity contribution in [3.8, 4) is 0 Å². The molecule has 3 rings (SSSR count). The lowest BCUT2D eigenvalue weighted by Gasteiger charge is -2.33. The van der Waals surface area contributed by atoms with E-state index in [0.717, 1.165) is 17.0 Å². The topological polar surface area (TPSA) is 62.6 Å². The van der Waals surface area contributed by atoms with Crippen molar-refractivity contribution in [3.05, 3.63) is 52.3 Å². The van der Waals surface area contributed by atoms with Gasteiger partial charge in [0.25, 0.3) is 0 Å². The minimum atomic E-state index is -3.62. The maximum absolute atomic E-state index is 12.8. The van der Waals surface area contributed by atoms with Gasteiger partial charge in [-0.1, -0.05) is 23.7 Å². The van der Waals surface area contributed by atoms with E-state index in [1.165, 1.54) is 10.4 Å². The lowest BCUT2D eigenvalue weighted by Crippen LogP contribution is -2.49. The summed E-state index contributed by atoms with van der Waals surface area (Å²) in [6.07, 6.45) is 0. The van der Waals surface area contributed by atoms with Crippen molar-refractivity contribution in [1.29, 1.82) is 0 Å². The number of benzene rings is 1. The lowest BCUT2D eigenvalue weighted by atomic mass is 10.1. The number of nitrogens with zero attached hydrogens (tertiary/aromatic N) is 3. The molecule has 1 aromatic carbocycles. The second kappa shape index (κ2) is 7.75. The monoisotopic (exact) mass is 409 g/mol. The van der Waals surface area contributed by atoms with Gasteiger partial charge in [-0.2, -0.15) is 4.31 Å². The standard InChI is InChI=1S/C19H24ClN3O3S/c1-14-12-16(15(2)21(14)3)18(24)13-22-8-10-23(11-9-22)27(25,26)19-7-5-4-6-17(19)20/h4-7,12H,8-11,13H2,1-3H3. The summed E-state index contributed by atoms with van der Waals surface area (Å²) in [7, 11) is -1.68. The molecule has 0 bridgehead atoms. The molecule has 1 aromatic heterocycles. The van der Waals surface area contributed by atoms with E-state index in [-0.39, 0.29) is 15.7 Å². The van der Waals surface area contributed by atoms with E-state index in [9.17, 15) is 13.2 Å². The van der Waals surface area contributed by atoms with Gasteiger partial charge in [0.2, 0.25) is 10.0 Å². The van der Waals surface area contributed by atoms with E-state index < -0.39 is 10.0 Å². The predicted octanol–water partition coefficient (Wildman–Crippen LogP) is 2.48. The summed E-state index contributed by atoms with van der Waals surface area (Å²) < 4.78 is 29.0. The zero-order chi connectivity index (χ0) is 19.8. The predicted molar refractivity (Wildman–Crippen MR) is 106 cm³/mol. The minimum Gasteiger partial charge on any atom is -0.351 e. The highest BCUT2D eigenvalue weighted by atomic mass is 35.5. The minimum absolute atomic E-state index is 0.0682. The van der Waals surface area contributed by atoms with Crippen molar-refractivity contribution >= 4 is 27.4 Å². The number of carbonyl (C=O) groups is 1. The van der Waals surface area contributed by atoms with Crippen LogP contribution in [0.2, 0.25) is 5.02 Å². The third-order valence-electron chi connectivity index (χ3n) is 5.23. The average Bonchev–Trinajstić information content (AvgIpc) is 2.90. The first kappa shape index (κ1) is 20.1. The molecule has 1 fully saturated rings. The molecule has 2 aromatic rings. The molecule has 0 amide bonds. The molecular weight excluding hydrogens is 386 g/mol. The van der Waals surface area contributed by atoms with E-state index in [0.29, 0.717) is 32.7 Å². The van der Waals surface area contributed by atoms with Crippen LogP contribution in [0.4, 0.5) is 0 Å². The van der Waals surface area contributed by atoms with Crippen molar-refractivity contribution in [1.82, 2.24) is 13.8 Å². The molecule has 0 spiro atoms. The van der Waals surface area contributed by atoms with Crippen molar-refractivity contribution in [2.75, 3.05) is 32.7 Å². The van der Waals surface area contributed by atoms with Gasteiger partial charge in [-0.05, 0) is 32.0 Å². The van der Waals surface area contributed by atoms with Gasteiger partial charge < -0.3 is 4.57 Å². The van der Waals surface area contributed by atoms with Gasteiger partial charge in [-0.25, -0.2) is 8.42 Å². The molecule has 27 heavy (non-hydrogen) atoms. The summed E-state index contributed by atoms with van der Waals surface area (Å²) in [6.45, 7) is 5.92. The fraction of sp³-hybridized carbons (Fsp3) is 0.421. The summed E-state index contributed by atoms with van der Waals surface area (Å²) in [5.74, 6) is 0.0682. The molecule has 1 aliphatic heterocycles. The highest BCUT2D eigenvalue weighted by molar-refractivity contribution is 7.89. The van der Waals surface area contributed by atoms with E-state index >= 15 is 0 Å². The Morgan fingerprint density at radius 2 is 1.74 bits per heavy atom. The fourth-order valence-corrected chi connectivity index (χ4v) is 5.26. The van der Waals surface area contributed by atoms with Gasteiger partial charge in [0.15, 0.2) is 5.78 Å². The fourth-order valence-electron chi connectivity index (χ4n) is 3.35. The summed E-state index contributed by atoms with van der Waals surface area (Å²) in [4.78, 5) is 14.8. The Hall–Kier alpha value is -1.67. The van der Waals surface area contributed by atoms with Crippen LogP contribution in [0.25, 0.3) is 0 Å². The number of piperazine rings is 1. The number of aryl methyl sites for hydroxylation is 1. The SMILES string of the molecule is Cc1cc(C(=O)CN2CCN(S(=O)(=O)c3ccccc3Cl)CC2)c(C)n1C. The Morgan fingerprint density at radius 3 is 2.30 bits per heavy atom.